The van der Waals surface area contributed by atoms with E-state index < -0.39 is 0 Å². The summed E-state index contributed by atoms with van der Waals surface area (Å²) in [7, 11) is 1.96. The van der Waals surface area contributed by atoms with E-state index in [2.05, 4.69) is 33.4 Å². The van der Waals surface area contributed by atoms with Crippen molar-refractivity contribution in [3.05, 3.63) is 15.9 Å². The number of nitrogens with one attached hydrogen (secondary N) is 1. The molecule has 0 bridgehead atoms. The van der Waals surface area contributed by atoms with Gasteiger partial charge in [0.1, 0.15) is 0 Å². The molecule has 0 spiro atoms. The van der Waals surface area contributed by atoms with Gasteiger partial charge in [0, 0.05) is 20.1 Å². The molecule has 2 atom stereocenters. The van der Waals surface area contributed by atoms with Gasteiger partial charge in [-0.05, 0) is 49.0 Å². The first-order valence-corrected chi connectivity index (χ1v) is 7.55. The molecule has 1 saturated heterocycles. The molecule has 0 radical (unpaired) electrons. The van der Waals surface area contributed by atoms with Gasteiger partial charge in [-0.1, -0.05) is 0 Å². The van der Waals surface area contributed by atoms with Gasteiger partial charge in [0.15, 0.2) is 0 Å². The number of nitrogens with two attached hydrogens (primary N) is 1. The number of rotatable bonds is 4. The van der Waals surface area contributed by atoms with Crippen LogP contribution in [0.3, 0.4) is 0 Å². The molecule has 3 N–H and O–H groups in total. The van der Waals surface area contributed by atoms with Gasteiger partial charge in [-0.2, -0.15) is 5.10 Å². The molecule has 1 aliphatic rings. The van der Waals surface area contributed by atoms with Crippen molar-refractivity contribution in [1.82, 2.24) is 15.2 Å². The van der Waals surface area contributed by atoms with Crippen molar-refractivity contribution >= 4 is 15.9 Å². The average molecular weight is 331 g/mol. The van der Waals surface area contributed by atoms with E-state index in [1.54, 1.807) is 0 Å². The minimum Gasteiger partial charge on any atom is -0.374 e. The number of aryl methyl sites for hydroxylation is 2. The van der Waals surface area contributed by atoms with Crippen molar-refractivity contribution in [1.29, 1.82) is 0 Å². The summed E-state index contributed by atoms with van der Waals surface area (Å²) < 4.78 is 8.97. The van der Waals surface area contributed by atoms with Gasteiger partial charge in [-0.3, -0.25) is 16.0 Å². The molecule has 1 aliphatic heterocycles. The van der Waals surface area contributed by atoms with Crippen LogP contribution in [0, 0.1) is 6.92 Å². The van der Waals surface area contributed by atoms with E-state index in [1.807, 2.05) is 18.7 Å². The largest absolute Gasteiger partial charge is 0.374 e. The van der Waals surface area contributed by atoms with E-state index in [9.17, 15) is 0 Å². The molecule has 0 amide bonds. The monoisotopic (exact) mass is 330 g/mol. The summed E-state index contributed by atoms with van der Waals surface area (Å²) in [6.45, 7) is 4.96. The third-order valence-electron chi connectivity index (χ3n) is 4.10. The highest BCUT2D eigenvalue weighted by molar-refractivity contribution is 9.10. The summed E-state index contributed by atoms with van der Waals surface area (Å²) in [6.07, 6.45) is 4.17. The van der Waals surface area contributed by atoms with E-state index in [1.165, 1.54) is 6.42 Å². The Morgan fingerprint density at radius 1 is 1.58 bits per heavy atom. The lowest BCUT2D eigenvalue weighted by atomic mass is 9.86. The van der Waals surface area contributed by atoms with Crippen molar-refractivity contribution in [3.8, 4) is 0 Å². The van der Waals surface area contributed by atoms with Gasteiger partial charge in [0.2, 0.25) is 0 Å². The Balaban J connectivity index is 2.18. The third kappa shape index (κ3) is 3.02. The standard InChI is InChI=1S/C13H23BrN4O/c1-9-12(14)10(18(3)17-9)8-11(16-15)13(2)6-4-5-7-19-13/h11,16H,4-8,15H2,1-3H3. The van der Waals surface area contributed by atoms with Crippen LogP contribution in [0.1, 0.15) is 37.6 Å². The molecule has 2 rings (SSSR count). The first kappa shape index (κ1) is 15.0. The topological polar surface area (TPSA) is 65.1 Å². The molecule has 6 heteroatoms. The minimum atomic E-state index is -0.204. The number of halogens is 1. The number of nitrogens with zero attached hydrogens (tertiary/aromatic N) is 2. The lowest BCUT2D eigenvalue weighted by molar-refractivity contribution is -0.0887. The van der Waals surface area contributed by atoms with Gasteiger partial charge in [0.25, 0.3) is 0 Å². The Morgan fingerprint density at radius 3 is 2.79 bits per heavy atom. The van der Waals surface area contributed by atoms with Crippen LogP contribution in [0.25, 0.3) is 0 Å². The summed E-state index contributed by atoms with van der Waals surface area (Å²) >= 11 is 3.61. The fraction of sp³-hybridized carbons (Fsp3) is 0.769. The van der Waals surface area contributed by atoms with Crippen LogP contribution < -0.4 is 11.3 Å². The van der Waals surface area contributed by atoms with Crippen LogP contribution in [0.2, 0.25) is 0 Å². The SMILES string of the molecule is Cc1nn(C)c(CC(NN)C2(C)CCCCO2)c1Br. The summed E-state index contributed by atoms with van der Waals surface area (Å²) in [5.41, 5.74) is 4.89. The Morgan fingerprint density at radius 2 is 2.32 bits per heavy atom. The summed E-state index contributed by atoms with van der Waals surface area (Å²) in [4.78, 5) is 0. The van der Waals surface area contributed by atoms with E-state index in [0.717, 1.165) is 41.7 Å². The van der Waals surface area contributed by atoms with Gasteiger partial charge < -0.3 is 4.74 Å². The Labute approximate surface area is 123 Å². The van der Waals surface area contributed by atoms with Crippen LogP contribution in [-0.4, -0.2) is 28.0 Å². The molecule has 1 aromatic rings. The van der Waals surface area contributed by atoms with Gasteiger partial charge >= 0.3 is 0 Å². The fourth-order valence-corrected chi connectivity index (χ4v) is 3.27. The number of hydrazine groups is 1. The normalized spacial score (nSPS) is 25.5. The maximum absolute atomic E-state index is 5.99. The second-order valence-corrected chi connectivity index (χ2v) is 6.30. The molecular formula is C13H23BrN4O. The molecule has 2 unspecified atom stereocenters. The summed E-state index contributed by atoms with van der Waals surface area (Å²) in [5, 5.41) is 4.43. The molecule has 1 fully saturated rings. The van der Waals surface area contributed by atoms with Crippen LogP contribution in [0.5, 0.6) is 0 Å². The molecule has 0 aliphatic carbocycles. The molecule has 2 heterocycles. The third-order valence-corrected chi connectivity index (χ3v) is 5.13. The van der Waals surface area contributed by atoms with Gasteiger partial charge in [-0.15, -0.1) is 0 Å². The molecule has 5 nitrogen and oxygen atoms in total. The highest BCUT2D eigenvalue weighted by Gasteiger charge is 2.37. The Bertz CT molecular complexity index is 440. The van der Waals surface area contributed by atoms with E-state index in [-0.39, 0.29) is 11.6 Å². The number of hydrogen-bond donors (Lipinski definition) is 2. The van der Waals surface area contributed by atoms with Crippen molar-refractivity contribution in [3.63, 3.8) is 0 Å². The van der Waals surface area contributed by atoms with E-state index in [4.69, 9.17) is 10.6 Å². The van der Waals surface area contributed by atoms with Gasteiger partial charge in [0.05, 0.1) is 27.5 Å². The zero-order chi connectivity index (χ0) is 14.0. The highest BCUT2D eigenvalue weighted by atomic mass is 79.9. The minimum absolute atomic E-state index is 0.0823. The summed E-state index contributed by atoms with van der Waals surface area (Å²) in [6, 6.07) is 0.0823. The lowest BCUT2D eigenvalue weighted by Crippen LogP contribution is -2.55. The Kier molecular flexibility index (Phi) is 4.66. The zero-order valence-electron chi connectivity index (χ0n) is 11.9. The van der Waals surface area contributed by atoms with E-state index in [0.29, 0.717) is 0 Å². The highest BCUT2D eigenvalue weighted by Crippen LogP contribution is 2.31. The average Bonchev–Trinajstić information content (AvgIpc) is 2.62. The molecule has 108 valence electrons. The van der Waals surface area contributed by atoms with E-state index >= 15 is 0 Å². The number of ether oxygens (including phenoxy) is 1. The molecule has 19 heavy (non-hydrogen) atoms. The first-order chi connectivity index (χ1) is 8.98. The number of hydrogen-bond acceptors (Lipinski definition) is 4. The van der Waals surface area contributed by atoms with Crippen LogP contribution in [0.4, 0.5) is 0 Å². The second kappa shape index (κ2) is 5.91. The van der Waals surface area contributed by atoms with Crippen molar-refractivity contribution in [2.45, 2.75) is 51.2 Å². The quantitative estimate of drug-likeness (QED) is 0.653. The van der Waals surface area contributed by atoms with Crippen molar-refractivity contribution < 1.29 is 4.74 Å². The molecule has 0 saturated carbocycles. The zero-order valence-corrected chi connectivity index (χ0v) is 13.5. The van der Waals surface area contributed by atoms with Crippen molar-refractivity contribution in [2.75, 3.05) is 6.61 Å². The van der Waals surface area contributed by atoms with Crippen LogP contribution in [-0.2, 0) is 18.2 Å². The molecule has 1 aromatic heterocycles. The predicted octanol–water partition coefficient (Wildman–Crippen LogP) is 1.82. The lowest BCUT2D eigenvalue weighted by Gasteiger charge is -2.40. The van der Waals surface area contributed by atoms with Crippen molar-refractivity contribution in [2.24, 2.45) is 12.9 Å². The maximum Gasteiger partial charge on any atom is 0.0824 e. The fourth-order valence-electron chi connectivity index (χ4n) is 2.78. The second-order valence-electron chi connectivity index (χ2n) is 5.51. The number of aromatic nitrogens is 2. The van der Waals surface area contributed by atoms with Crippen LogP contribution in [0.15, 0.2) is 4.47 Å². The smallest absolute Gasteiger partial charge is 0.0824 e. The molecular weight excluding hydrogens is 308 g/mol. The van der Waals surface area contributed by atoms with Crippen LogP contribution >= 0.6 is 15.9 Å². The first-order valence-electron chi connectivity index (χ1n) is 6.76. The van der Waals surface area contributed by atoms with Gasteiger partial charge in [-0.25, -0.2) is 0 Å². The molecule has 0 aromatic carbocycles. The Hall–Kier alpha value is -0.430. The summed E-state index contributed by atoms with van der Waals surface area (Å²) in [5.74, 6) is 5.77. The predicted molar refractivity (Wildman–Crippen MR) is 78.7 cm³/mol. The maximum atomic E-state index is 5.99.